The maximum absolute atomic E-state index is 12.8. The Kier molecular flexibility index (Phi) is 5.89. The highest BCUT2D eigenvalue weighted by atomic mass is 16.3. The number of piperidine rings is 2. The molecule has 1 aromatic heterocycles. The Hall–Kier alpha value is -2.70. The number of para-hydroxylation sites is 2. The lowest BCUT2D eigenvalue weighted by Crippen LogP contribution is -2.51. The molecule has 2 bridgehead atoms. The number of hydrogen-bond acceptors (Lipinski definition) is 4. The molecule has 0 radical (unpaired) electrons. The van der Waals surface area contributed by atoms with Gasteiger partial charge in [-0.2, -0.15) is 0 Å². The Bertz CT molecular complexity index is 1310. The molecule has 200 valence electrons. The number of nitrogens with zero attached hydrogens (tertiary/aromatic N) is 4. The molecule has 1 unspecified atom stereocenters. The van der Waals surface area contributed by atoms with E-state index in [2.05, 4.69) is 71.0 Å². The predicted octanol–water partition coefficient (Wildman–Crippen LogP) is 4.99. The smallest absolute Gasteiger partial charge is 0.254 e. The molecule has 3 aromatic rings. The lowest BCUT2D eigenvalue weighted by Gasteiger charge is -2.46. The molecule has 1 aliphatic carbocycles. The van der Waals surface area contributed by atoms with Gasteiger partial charge in [-0.05, 0) is 94.4 Å². The molecule has 6 heteroatoms. The predicted molar refractivity (Wildman–Crippen MR) is 149 cm³/mol. The van der Waals surface area contributed by atoms with Gasteiger partial charge in [0.1, 0.15) is 11.4 Å². The number of imidazole rings is 1. The molecule has 3 saturated heterocycles. The fourth-order valence-electron chi connectivity index (χ4n) is 8.03. The van der Waals surface area contributed by atoms with Gasteiger partial charge in [0.15, 0.2) is 0 Å². The summed E-state index contributed by atoms with van der Waals surface area (Å²) in [5.41, 5.74) is 2.85. The molecule has 3 atom stereocenters. The number of carbonyl (C=O) groups is 1. The van der Waals surface area contributed by atoms with E-state index < -0.39 is 5.60 Å². The van der Waals surface area contributed by atoms with Crippen molar-refractivity contribution in [2.45, 2.75) is 93.9 Å². The largest absolute Gasteiger partial charge is 0.380 e. The normalized spacial score (nSPS) is 28.1. The van der Waals surface area contributed by atoms with Crippen molar-refractivity contribution < 1.29 is 9.90 Å². The van der Waals surface area contributed by atoms with E-state index in [9.17, 15) is 9.90 Å². The van der Waals surface area contributed by atoms with Gasteiger partial charge < -0.3 is 14.6 Å². The van der Waals surface area contributed by atoms with E-state index in [1.807, 2.05) is 4.90 Å². The highest BCUT2D eigenvalue weighted by molar-refractivity contribution is 5.88. The molecular formula is C32H40N4O2. The number of benzene rings is 2. The third-order valence-electron chi connectivity index (χ3n) is 10.4. The Morgan fingerprint density at radius 3 is 2.26 bits per heavy atom. The minimum Gasteiger partial charge on any atom is -0.380 e. The number of likely N-dealkylation sites (tertiary alicyclic amines) is 1. The first-order valence-electron chi connectivity index (χ1n) is 14.7. The van der Waals surface area contributed by atoms with Gasteiger partial charge in [0, 0.05) is 31.2 Å². The first kappa shape index (κ1) is 24.3. The number of hydrogen-bond donors (Lipinski definition) is 1. The van der Waals surface area contributed by atoms with Crippen LogP contribution in [-0.2, 0) is 10.2 Å². The van der Waals surface area contributed by atoms with E-state index >= 15 is 0 Å². The van der Waals surface area contributed by atoms with Crippen LogP contribution in [0.2, 0.25) is 0 Å². The molecule has 1 amide bonds. The van der Waals surface area contributed by atoms with Crippen molar-refractivity contribution >= 4 is 16.9 Å². The Labute approximate surface area is 225 Å². The number of amides is 1. The Morgan fingerprint density at radius 1 is 0.921 bits per heavy atom. The standard InChI is InChI=1S/C32H40N4O2/c1-23-33-28-9-5-6-10-29(28)36(23)27-21-25-11-12-26(22-27)35(25)20-17-31(24-7-3-2-4-8-24)15-18-34(19-16-31)30(37)32(38)13-14-32/h2-10,25-27,38H,11-22H2,1H3/t25-,26+,27?. The van der Waals surface area contributed by atoms with Crippen molar-refractivity contribution in [3.8, 4) is 0 Å². The van der Waals surface area contributed by atoms with E-state index in [0.717, 1.165) is 50.2 Å². The van der Waals surface area contributed by atoms with Crippen LogP contribution in [0.3, 0.4) is 0 Å². The number of aliphatic hydroxyl groups is 1. The lowest BCUT2D eigenvalue weighted by atomic mass is 9.70. The highest BCUT2D eigenvalue weighted by Crippen LogP contribution is 2.46. The van der Waals surface area contributed by atoms with Gasteiger partial charge in [0.05, 0.1) is 11.0 Å². The summed E-state index contributed by atoms with van der Waals surface area (Å²) in [4.78, 5) is 22.5. The van der Waals surface area contributed by atoms with Gasteiger partial charge in [-0.15, -0.1) is 0 Å². The van der Waals surface area contributed by atoms with Crippen LogP contribution in [0.5, 0.6) is 0 Å². The van der Waals surface area contributed by atoms with Gasteiger partial charge in [0.2, 0.25) is 0 Å². The molecule has 3 aliphatic heterocycles. The van der Waals surface area contributed by atoms with Gasteiger partial charge in [0.25, 0.3) is 5.91 Å². The third-order valence-corrected chi connectivity index (χ3v) is 10.4. The molecule has 4 aliphatic rings. The van der Waals surface area contributed by atoms with Crippen molar-refractivity contribution in [2.24, 2.45) is 0 Å². The van der Waals surface area contributed by atoms with E-state index in [0.29, 0.717) is 31.0 Å². The number of aromatic nitrogens is 2. The molecule has 38 heavy (non-hydrogen) atoms. The van der Waals surface area contributed by atoms with Crippen LogP contribution in [0.1, 0.15) is 75.2 Å². The number of aryl methyl sites for hydroxylation is 1. The number of fused-ring (bicyclic) bond motifs is 3. The van der Waals surface area contributed by atoms with Gasteiger partial charge in [-0.3, -0.25) is 9.69 Å². The molecule has 0 spiro atoms. The summed E-state index contributed by atoms with van der Waals surface area (Å²) in [6, 6.07) is 21.4. The average molecular weight is 513 g/mol. The van der Waals surface area contributed by atoms with Gasteiger partial charge in [-0.25, -0.2) is 4.98 Å². The van der Waals surface area contributed by atoms with Crippen LogP contribution >= 0.6 is 0 Å². The quantitative estimate of drug-likeness (QED) is 0.506. The summed E-state index contributed by atoms with van der Waals surface area (Å²) in [6.07, 6.45) is 9.34. The van der Waals surface area contributed by atoms with Gasteiger partial charge >= 0.3 is 0 Å². The van der Waals surface area contributed by atoms with E-state index in [-0.39, 0.29) is 11.3 Å². The first-order valence-corrected chi connectivity index (χ1v) is 14.7. The van der Waals surface area contributed by atoms with Gasteiger partial charge in [-0.1, -0.05) is 42.5 Å². The van der Waals surface area contributed by atoms with Crippen LogP contribution in [0.15, 0.2) is 54.6 Å². The van der Waals surface area contributed by atoms with Crippen LogP contribution in [0.25, 0.3) is 11.0 Å². The molecule has 1 saturated carbocycles. The summed E-state index contributed by atoms with van der Waals surface area (Å²) in [5, 5.41) is 10.4. The van der Waals surface area contributed by atoms with Crippen LogP contribution in [0.4, 0.5) is 0 Å². The van der Waals surface area contributed by atoms with Crippen LogP contribution < -0.4 is 0 Å². The zero-order chi connectivity index (χ0) is 25.9. The van der Waals surface area contributed by atoms with Crippen molar-refractivity contribution in [3.05, 3.63) is 66.0 Å². The summed E-state index contributed by atoms with van der Waals surface area (Å²) in [5.74, 6) is 1.10. The zero-order valence-electron chi connectivity index (χ0n) is 22.6. The summed E-state index contributed by atoms with van der Waals surface area (Å²) >= 11 is 0. The fourth-order valence-corrected chi connectivity index (χ4v) is 8.03. The third kappa shape index (κ3) is 4.08. The molecule has 4 heterocycles. The topological polar surface area (TPSA) is 61.6 Å². The number of rotatable bonds is 6. The molecule has 4 fully saturated rings. The summed E-state index contributed by atoms with van der Waals surface area (Å²) in [6.45, 7) is 4.78. The van der Waals surface area contributed by atoms with Crippen LogP contribution in [0, 0.1) is 6.92 Å². The van der Waals surface area contributed by atoms with Crippen LogP contribution in [-0.4, -0.2) is 67.7 Å². The molecule has 6 nitrogen and oxygen atoms in total. The number of carbonyl (C=O) groups excluding carboxylic acids is 1. The fraction of sp³-hybridized carbons (Fsp3) is 0.562. The maximum Gasteiger partial charge on any atom is 0.254 e. The van der Waals surface area contributed by atoms with Crippen molar-refractivity contribution in [1.29, 1.82) is 0 Å². The SMILES string of the molecule is Cc1nc2ccccc2n1C1C[C@H]2CC[C@@H](C1)N2CCC1(c2ccccc2)CCN(C(=O)C2(O)CC2)CC1. The minimum atomic E-state index is -1.06. The van der Waals surface area contributed by atoms with Crippen molar-refractivity contribution in [3.63, 3.8) is 0 Å². The monoisotopic (exact) mass is 512 g/mol. The Balaban J connectivity index is 1.07. The summed E-state index contributed by atoms with van der Waals surface area (Å²) in [7, 11) is 0. The van der Waals surface area contributed by atoms with E-state index in [4.69, 9.17) is 4.98 Å². The second-order valence-corrected chi connectivity index (χ2v) is 12.5. The minimum absolute atomic E-state index is 0.0402. The molecule has 1 N–H and O–H groups in total. The maximum atomic E-state index is 12.8. The highest BCUT2D eigenvalue weighted by Gasteiger charge is 2.51. The second-order valence-electron chi connectivity index (χ2n) is 12.5. The Morgan fingerprint density at radius 2 is 1.58 bits per heavy atom. The molecule has 7 rings (SSSR count). The first-order chi connectivity index (χ1) is 18.5. The van der Waals surface area contributed by atoms with Crippen molar-refractivity contribution in [2.75, 3.05) is 19.6 Å². The molecule has 2 aromatic carbocycles. The van der Waals surface area contributed by atoms with E-state index in [1.165, 1.54) is 36.8 Å². The molecular weight excluding hydrogens is 472 g/mol. The summed E-state index contributed by atoms with van der Waals surface area (Å²) < 4.78 is 2.52. The lowest BCUT2D eigenvalue weighted by molar-refractivity contribution is -0.144. The second kappa shape index (κ2) is 9.20. The zero-order valence-corrected chi connectivity index (χ0v) is 22.6. The van der Waals surface area contributed by atoms with Crippen molar-refractivity contribution in [1.82, 2.24) is 19.4 Å². The average Bonchev–Trinajstić information content (AvgIpc) is 3.54. The van der Waals surface area contributed by atoms with E-state index in [1.54, 1.807) is 0 Å².